The molecule has 0 saturated heterocycles. The minimum atomic E-state index is -0.371. The van der Waals surface area contributed by atoms with Crippen LogP contribution in [0.4, 0.5) is 11.4 Å². The van der Waals surface area contributed by atoms with Crippen molar-refractivity contribution in [1.82, 2.24) is 5.32 Å². The van der Waals surface area contributed by atoms with Gasteiger partial charge in [-0.05, 0) is 67.7 Å². The lowest BCUT2D eigenvalue weighted by atomic mass is 10.1. The van der Waals surface area contributed by atoms with Gasteiger partial charge in [0.15, 0.2) is 5.11 Å². The van der Waals surface area contributed by atoms with Gasteiger partial charge in [0.1, 0.15) is 0 Å². The molecule has 2 amide bonds. The highest BCUT2D eigenvalue weighted by Crippen LogP contribution is 2.23. The molecule has 152 valence electrons. The number of nitrogens with one attached hydrogen (secondary N) is 3. The molecule has 0 radical (unpaired) electrons. The Balaban J connectivity index is 1.63. The molecule has 30 heavy (non-hydrogen) atoms. The molecule has 0 fully saturated rings. The number of hydrogen-bond acceptors (Lipinski definition) is 3. The molecule has 0 saturated carbocycles. The Morgan fingerprint density at radius 2 is 1.50 bits per heavy atom. The number of aryl methyl sites for hydroxylation is 1. The number of benzene rings is 3. The Morgan fingerprint density at radius 3 is 2.17 bits per heavy atom. The number of amides is 2. The highest BCUT2D eigenvalue weighted by molar-refractivity contribution is 7.80. The maximum absolute atomic E-state index is 12.5. The van der Waals surface area contributed by atoms with E-state index < -0.39 is 0 Å². The largest absolute Gasteiger partial charge is 0.332 e. The zero-order valence-electron chi connectivity index (χ0n) is 15.8. The maximum Gasteiger partial charge on any atom is 0.257 e. The molecule has 3 aromatic rings. The second kappa shape index (κ2) is 9.71. The van der Waals surface area contributed by atoms with E-state index in [1.165, 1.54) is 6.07 Å². The first-order valence-corrected chi connectivity index (χ1v) is 10.0. The van der Waals surface area contributed by atoms with Gasteiger partial charge in [0.2, 0.25) is 0 Å². The van der Waals surface area contributed by atoms with Crippen molar-refractivity contribution >= 4 is 63.7 Å². The molecule has 0 aromatic heterocycles. The summed E-state index contributed by atoms with van der Waals surface area (Å²) in [6.45, 7) is 1.94. The first-order chi connectivity index (χ1) is 14.3. The van der Waals surface area contributed by atoms with E-state index in [4.69, 9.17) is 35.4 Å². The SMILES string of the molecule is Cc1ccc(C(=O)NC(=S)Nc2cccc(NC(=O)c3ccc(Cl)cc3Cl)c2)cc1. The Morgan fingerprint density at radius 1 is 0.833 bits per heavy atom. The van der Waals surface area contributed by atoms with Crippen molar-refractivity contribution in [3.8, 4) is 0 Å². The molecule has 0 unspecified atom stereocenters. The van der Waals surface area contributed by atoms with Gasteiger partial charge in [0.05, 0.1) is 10.6 Å². The summed E-state index contributed by atoms with van der Waals surface area (Å²) >= 11 is 17.2. The van der Waals surface area contributed by atoms with Gasteiger partial charge in [-0.2, -0.15) is 0 Å². The number of rotatable bonds is 4. The summed E-state index contributed by atoms with van der Waals surface area (Å²) in [6, 6.07) is 18.7. The van der Waals surface area contributed by atoms with E-state index in [-0.39, 0.29) is 21.9 Å². The number of halogens is 2. The predicted octanol–water partition coefficient (Wildman–Crippen LogP) is 5.68. The highest BCUT2D eigenvalue weighted by atomic mass is 35.5. The predicted molar refractivity (Wildman–Crippen MR) is 126 cm³/mol. The highest BCUT2D eigenvalue weighted by Gasteiger charge is 2.12. The topological polar surface area (TPSA) is 70.2 Å². The van der Waals surface area contributed by atoms with Crippen molar-refractivity contribution in [2.24, 2.45) is 0 Å². The Kier molecular flexibility index (Phi) is 7.05. The quantitative estimate of drug-likeness (QED) is 0.440. The summed E-state index contributed by atoms with van der Waals surface area (Å²) in [5.74, 6) is -0.682. The van der Waals surface area contributed by atoms with Crippen LogP contribution in [0, 0.1) is 6.92 Å². The van der Waals surface area contributed by atoms with Crippen molar-refractivity contribution in [2.45, 2.75) is 6.92 Å². The molecule has 3 rings (SSSR count). The molecule has 0 aliphatic carbocycles. The van der Waals surface area contributed by atoms with Gasteiger partial charge < -0.3 is 10.6 Å². The van der Waals surface area contributed by atoms with E-state index >= 15 is 0 Å². The van der Waals surface area contributed by atoms with E-state index in [1.807, 2.05) is 19.1 Å². The van der Waals surface area contributed by atoms with Gasteiger partial charge in [-0.3, -0.25) is 14.9 Å². The first kappa shape index (κ1) is 21.8. The van der Waals surface area contributed by atoms with Crippen LogP contribution in [0.5, 0.6) is 0 Å². The molecule has 5 nitrogen and oxygen atoms in total. The fraction of sp³-hybridized carbons (Fsp3) is 0.0455. The van der Waals surface area contributed by atoms with Crippen molar-refractivity contribution in [3.63, 3.8) is 0 Å². The monoisotopic (exact) mass is 457 g/mol. The van der Waals surface area contributed by atoms with Crippen molar-refractivity contribution in [1.29, 1.82) is 0 Å². The molecule has 0 heterocycles. The number of thiocarbonyl (C=S) groups is 1. The van der Waals surface area contributed by atoms with Gasteiger partial charge >= 0.3 is 0 Å². The van der Waals surface area contributed by atoms with E-state index in [0.717, 1.165) is 5.56 Å². The summed E-state index contributed by atoms with van der Waals surface area (Å²) in [6.07, 6.45) is 0. The second-order valence-electron chi connectivity index (χ2n) is 6.43. The fourth-order valence-corrected chi connectivity index (χ4v) is 3.29. The first-order valence-electron chi connectivity index (χ1n) is 8.87. The average molecular weight is 458 g/mol. The summed E-state index contributed by atoms with van der Waals surface area (Å²) in [5.41, 5.74) is 3.00. The lowest BCUT2D eigenvalue weighted by molar-refractivity contribution is 0.0976. The third-order valence-electron chi connectivity index (χ3n) is 4.09. The maximum atomic E-state index is 12.5. The molecule has 0 aliphatic heterocycles. The minimum Gasteiger partial charge on any atom is -0.332 e. The van der Waals surface area contributed by atoms with E-state index in [9.17, 15) is 9.59 Å². The molecule has 3 aromatic carbocycles. The van der Waals surface area contributed by atoms with Crippen LogP contribution in [0.2, 0.25) is 10.0 Å². The smallest absolute Gasteiger partial charge is 0.257 e. The van der Waals surface area contributed by atoms with Gasteiger partial charge in [-0.25, -0.2) is 0 Å². The van der Waals surface area contributed by atoms with Crippen molar-refractivity contribution in [2.75, 3.05) is 10.6 Å². The lowest BCUT2D eigenvalue weighted by Crippen LogP contribution is -2.34. The van der Waals surface area contributed by atoms with E-state index in [1.54, 1.807) is 48.5 Å². The normalized spacial score (nSPS) is 10.2. The van der Waals surface area contributed by atoms with Gasteiger partial charge in [0.25, 0.3) is 11.8 Å². The van der Waals surface area contributed by atoms with E-state index in [2.05, 4.69) is 16.0 Å². The molecule has 8 heteroatoms. The summed E-state index contributed by atoms with van der Waals surface area (Å²) in [7, 11) is 0. The van der Waals surface area contributed by atoms with Crippen molar-refractivity contribution in [3.05, 3.63) is 93.5 Å². The second-order valence-corrected chi connectivity index (χ2v) is 7.69. The van der Waals surface area contributed by atoms with Gasteiger partial charge in [-0.1, -0.05) is 47.0 Å². The third kappa shape index (κ3) is 5.79. The van der Waals surface area contributed by atoms with Crippen molar-refractivity contribution < 1.29 is 9.59 Å². The zero-order chi connectivity index (χ0) is 21.7. The molecule has 3 N–H and O–H groups in total. The van der Waals surface area contributed by atoms with Crippen LogP contribution < -0.4 is 16.0 Å². The molecular formula is C22H17Cl2N3O2S. The van der Waals surface area contributed by atoms with Crippen LogP contribution in [0.15, 0.2) is 66.7 Å². The van der Waals surface area contributed by atoms with Crippen LogP contribution in [0.1, 0.15) is 26.3 Å². The number of carbonyl (C=O) groups is 2. The van der Waals surface area contributed by atoms with E-state index in [0.29, 0.717) is 27.5 Å². The third-order valence-corrected chi connectivity index (χ3v) is 4.85. The summed E-state index contributed by atoms with van der Waals surface area (Å²) in [5, 5.41) is 9.17. The van der Waals surface area contributed by atoms with Crippen LogP contribution >= 0.6 is 35.4 Å². The molecule has 0 bridgehead atoms. The minimum absolute atomic E-state index is 0.143. The Bertz CT molecular complexity index is 1120. The summed E-state index contributed by atoms with van der Waals surface area (Å²) in [4.78, 5) is 24.7. The number of anilines is 2. The fourth-order valence-electron chi connectivity index (χ4n) is 2.59. The van der Waals surface area contributed by atoms with Crippen LogP contribution in [-0.2, 0) is 0 Å². The number of carbonyl (C=O) groups excluding carboxylic acids is 2. The lowest BCUT2D eigenvalue weighted by Gasteiger charge is -2.12. The van der Waals surface area contributed by atoms with Gasteiger partial charge in [0, 0.05) is 22.0 Å². The summed E-state index contributed by atoms with van der Waals surface area (Å²) < 4.78 is 0. The average Bonchev–Trinajstić information content (AvgIpc) is 2.68. The van der Waals surface area contributed by atoms with Gasteiger partial charge in [-0.15, -0.1) is 0 Å². The molecule has 0 aliphatic rings. The van der Waals surface area contributed by atoms with Crippen LogP contribution in [-0.4, -0.2) is 16.9 Å². The zero-order valence-corrected chi connectivity index (χ0v) is 18.2. The van der Waals surface area contributed by atoms with Crippen LogP contribution in [0.3, 0.4) is 0 Å². The molecule has 0 spiro atoms. The van der Waals surface area contributed by atoms with Crippen LogP contribution in [0.25, 0.3) is 0 Å². The Hall–Kier alpha value is -2.93. The molecule has 0 atom stereocenters. The molecular weight excluding hydrogens is 441 g/mol. The standard InChI is InChI=1S/C22H17Cl2N3O2S/c1-13-5-7-14(8-6-13)20(28)27-22(30)26-17-4-2-3-16(12-17)25-21(29)18-10-9-15(23)11-19(18)24/h2-12H,1H3,(H,25,29)(H2,26,27,28,30). The Labute approximate surface area is 189 Å². The number of hydrogen-bond donors (Lipinski definition) is 3.